The van der Waals surface area contributed by atoms with Gasteiger partial charge in [-0.25, -0.2) is 9.69 Å². The third-order valence-corrected chi connectivity index (χ3v) is 4.79. The Labute approximate surface area is 177 Å². The van der Waals surface area contributed by atoms with Crippen molar-refractivity contribution >= 4 is 61.5 Å². The van der Waals surface area contributed by atoms with Gasteiger partial charge < -0.3 is 4.74 Å². The van der Waals surface area contributed by atoms with E-state index in [2.05, 4.69) is 43.1 Å². The second-order valence-electron chi connectivity index (χ2n) is 5.61. The van der Waals surface area contributed by atoms with Crippen molar-refractivity contribution in [3.8, 4) is 18.1 Å². The van der Waals surface area contributed by atoms with Gasteiger partial charge in [-0.05, 0) is 48.5 Å². The average molecular weight is 504 g/mol. The van der Waals surface area contributed by atoms with Gasteiger partial charge in [-0.2, -0.15) is 0 Å². The number of urea groups is 1. The van der Waals surface area contributed by atoms with E-state index in [4.69, 9.17) is 11.2 Å². The van der Waals surface area contributed by atoms with E-state index in [1.165, 1.54) is 6.08 Å². The molecule has 1 N–H and O–H groups in total. The maximum atomic E-state index is 12.9. The Hall–Kier alpha value is -2.89. The molecule has 0 unspecified atom stereocenters. The molecule has 6 nitrogen and oxygen atoms in total. The van der Waals surface area contributed by atoms with Crippen molar-refractivity contribution in [3.63, 3.8) is 0 Å². The number of rotatable bonds is 4. The first-order chi connectivity index (χ1) is 13.4. The van der Waals surface area contributed by atoms with E-state index in [-0.39, 0.29) is 12.2 Å². The van der Waals surface area contributed by atoms with Crippen LogP contribution in [-0.2, 0) is 9.59 Å². The van der Waals surface area contributed by atoms with Crippen LogP contribution < -0.4 is 15.0 Å². The SMILES string of the molecule is C#CCOc1ccc(Br)cc1/C=C1\C(=O)NC(=O)N(c2ccc(Br)cc2)C1=O. The molecule has 1 aliphatic heterocycles. The van der Waals surface area contributed by atoms with Crippen LogP contribution in [-0.4, -0.2) is 24.5 Å². The highest BCUT2D eigenvalue weighted by Crippen LogP contribution is 2.28. The minimum atomic E-state index is -0.812. The van der Waals surface area contributed by atoms with E-state index in [0.717, 1.165) is 13.8 Å². The van der Waals surface area contributed by atoms with E-state index < -0.39 is 17.8 Å². The van der Waals surface area contributed by atoms with Gasteiger partial charge in [-0.1, -0.05) is 37.8 Å². The summed E-state index contributed by atoms with van der Waals surface area (Å²) in [4.78, 5) is 38.4. The highest BCUT2D eigenvalue weighted by Gasteiger charge is 2.36. The number of terminal acetylenes is 1. The largest absolute Gasteiger partial charge is 0.480 e. The zero-order valence-corrected chi connectivity index (χ0v) is 17.4. The van der Waals surface area contributed by atoms with Crippen molar-refractivity contribution in [1.82, 2.24) is 5.32 Å². The predicted molar refractivity (Wildman–Crippen MR) is 112 cm³/mol. The minimum Gasteiger partial charge on any atom is -0.480 e. The maximum Gasteiger partial charge on any atom is 0.335 e. The van der Waals surface area contributed by atoms with Crippen molar-refractivity contribution in [2.75, 3.05) is 11.5 Å². The van der Waals surface area contributed by atoms with Crippen LogP contribution in [0.2, 0.25) is 0 Å². The molecule has 0 radical (unpaired) electrons. The van der Waals surface area contributed by atoms with Gasteiger partial charge in [0.1, 0.15) is 17.9 Å². The lowest BCUT2D eigenvalue weighted by molar-refractivity contribution is -0.122. The number of benzene rings is 2. The number of halogens is 2. The number of nitrogens with one attached hydrogen (secondary N) is 1. The maximum absolute atomic E-state index is 12.9. The summed E-state index contributed by atoms with van der Waals surface area (Å²) in [5.74, 6) is 1.24. The fraction of sp³-hybridized carbons (Fsp3) is 0.0500. The fourth-order valence-electron chi connectivity index (χ4n) is 2.52. The van der Waals surface area contributed by atoms with E-state index in [9.17, 15) is 14.4 Å². The van der Waals surface area contributed by atoms with Crippen molar-refractivity contribution in [1.29, 1.82) is 0 Å². The predicted octanol–water partition coefficient (Wildman–Crippen LogP) is 3.89. The second kappa shape index (κ2) is 8.42. The Morgan fingerprint density at radius 3 is 2.43 bits per heavy atom. The zero-order valence-electron chi connectivity index (χ0n) is 14.2. The van der Waals surface area contributed by atoms with Crippen molar-refractivity contribution in [3.05, 3.63) is 62.5 Å². The number of amides is 4. The molecule has 0 aliphatic carbocycles. The third kappa shape index (κ3) is 4.16. The monoisotopic (exact) mass is 502 g/mol. The summed E-state index contributed by atoms with van der Waals surface area (Å²) in [6.07, 6.45) is 6.60. The number of barbiturate groups is 1. The molecule has 1 aliphatic rings. The highest BCUT2D eigenvalue weighted by atomic mass is 79.9. The molecule has 3 rings (SSSR count). The van der Waals surface area contributed by atoms with Gasteiger partial charge in [0.15, 0.2) is 0 Å². The lowest BCUT2D eigenvalue weighted by Crippen LogP contribution is -2.54. The molecule has 2 aromatic rings. The summed E-state index contributed by atoms with van der Waals surface area (Å²) in [7, 11) is 0. The van der Waals surface area contributed by atoms with Crippen molar-refractivity contribution in [2.45, 2.75) is 0 Å². The van der Waals surface area contributed by atoms with Crippen LogP contribution in [0.15, 0.2) is 57.0 Å². The van der Waals surface area contributed by atoms with Crippen LogP contribution in [0.1, 0.15) is 5.56 Å². The summed E-state index contributed by atoms with van der Waals surface area (Å²) < 4.78 is 6.98. The molecule has 28 heavy (non-hydrogen) atoms. The average Bonchev–Trinajstić information content (AvgIpc) is 2.66. The number of carbonyl (C=O) groups is 3. The molecule has 4 amide bonds. The Kier molecular flexibility index (Phi) is 5.97. The quantitative estimate of drug-likeness (QED) is 0.390. The second-order valence-corrected chi connectivity index (χ2v) is 7.44. The van der Waals surface area contributed by atoms with E-state index in [1.54, 1.807) is 42.5 Å². The molecule has 8 heteroatoms. The van der Waals surface area contributed by atoms with Crippen LogP contribution in [0.5, 0.6) is 5.75 Å². The summed E-state index contributed by atoms with van der Waals surface area (Å²) in [5.41, 5.74) is 0.599. The van der Waals surface area contributed by atoms with E-state index in [1.807, 2.05) is 0 Å². The van der Waals surface area contributed by atoms with Crippen LogP contribution in [0.4, 0.5) is 10.5 Å². The van der Waals surface area contributed by atoms with Crippen LogP contribution in [0.3, 0.4) is 0 Å². The fourth-order valence-corrected chi connectivity index (χ4v) is 3.16. The minimum absolute atomic E-state index is 0.0292. The van der Waals surface area contributed by atoms with E-state index >= 15 is 0 Å². The topological polar surface area (TPSA) is 75.7 Å². The Balaban J connectivity index is 2.03. The first kappa shape index (κ1) is 19.9. The van der Waals surface area contributed by atoms with Gasteiger partial charge in [0, 0.05) is 14.5 Å². The molecular formula is C20H12Br2N2O4. The number of hydrogen-bond donors (Lipinski definition) is 1. The molecule has 0 spiro atoms. The molecule has 1 heterocycles. The van der Waals surface area contributed by atoms with E-state index in [0.29, 0.717) is 17.0 Å². The number of hydrogen-bond acceptors (Lipinski definition) is 4. The number of anilines is 1. The zero-order chi connectivity index (χ0) is 20.3. The lowest BCUT2D eigenvalue weighted by Gasteiger charge is -2.26. The van der Waals surface area contributed by atoms with Crippen molar-refractivity contribution in [2.24, 2.45) is 0 Å². The molecular weight excluding hydrogens is 492 g/mol. The summed E-state index contributed by atoms with van der Waals surface area (Å²) in [6.45, 7) is 0.0292. The first-order valence-electron chi connectivity index (χ1n) is 7.93. The molecule has 0 bridgehead atoms. The number of nitrogens with zero attached hydrogens (tertiary/aromatic N) is 1. The molecule has 2 aromatic carbocycles. The first-order valence-corrected chi connectivity index (χ1v) is 9.52. The summed E-state index contributed by atoms with van der Waals surface area (Å²) in [5, 5.41) is 2.18. The molecule has 0 aromatic heterocycles. The molecule has 0 saturated carbocycles. The van der Waals surface area contributed by atoms with Crippen molar-refractivity contribution < 1.29 is 19.1 Å². The summed E-state index contributed by atoms with van der Waals surface area (Å²) >= 11 is 6.64. The van der Waals surface area contributed by atoms with Gasteiger partial charge in [0.25, 0.3) is 11.8 Å². The van der Waals surface area contributed by atoms with Gasteiger partial charge in [-0.15, -0.1) is 6.42 Å². The molecule has 1 saturated heterocycles. The van der Waals surface area contributed by atoms with Gasteiger partial charge in [0.2, 0.25) is 0 Å². The highest BCUT2D eigenvalue weighted by molar-refractivity contribution is 9.10. The van der Waals surface area contributed by atoms with Gasteiger partial charge in [-0.3, -0.25) is 14.9 Å². The van der Waals surface area contributed by atoms with Crippen LogP contribution in [0, 0.1) is 12.3 Å². The Bertz CT molecular complexity index is 1040. The van der Waals surface area contributed by atoms with Crippen LogP contribution >= 0.6 is 31.9 Å². The smallest absolute Gasteiger partial charge is 0.335 e. The lowest BCUT2D eigenvalue weighted by atomic mass is 10.1. The number of carbonyl (C=O) groups excluding carboxylic acids is 3. The Morgan fingerprint density at radius 1 is 1.07 bits per heavy atom. The number of ether oxygens (including phenoxy) is 1. The van der Waals surface area contributed by atoms with Gasteiger partial charge in [0.05, 0.1) is 5.69 Å². The normalized spacial score (nSPS) is 15.4. The summed E-state index contributed by atoms with van der Waals surface area (Å²) in [6, 6.07) is 10.8. The molecule has 140 valence electrons. The standard InChI is InChI=1S/C20H12Br2N2O4/c1-2-9-28-17-8-5-14(22)10-12(17)11-16-18(25)23-20(27)24(19(16)26)15-6-3-13(21)4-7-15/h1,3-8,10-11H,9H2,(H,23,25,27)/b16-11+. The van der Waals surface area contributed by atoms with Crippen LogP contribution in [0.25, 0.3) is 6.08 Å². The van der Waals surface area contributed by atoms with Gasteiger partial charge >= 0.3 is 6.03 Å². The number of imide groups is 2. The Morgan fingerprint density at radius 2 is 1.75 bits per heavy atom. The molecule has 1 fully saturated rings. The third-order valence-electron chi connectivity index (χ3n) is 3.77. The molecule has 0 atom stereocenters.